The number of hydrogen-bond donors (Lipinski definition) is 1. The van der Waals surface area contributed by atoms with E-state index in [-0.39, 0.29) is 0 Å². The fraction of sp³-hybridized carbons (Fsp3) is 0.214. The number of hydrogen-bond acceptors (Lipinski definition) is 5. The molecule has 1 N–H and O–H groups in total. The van der Waals surface area contributed by atoms with Crippen LogP contribution in [0.25, 0.3) is 0 Å². The van der Waals surface area contributed by atoms with Crippen molar-refractivity contribution < 1.29 is 9.47 Å². The maximum atomic E-state index is 8.79. The van der Waals surface area contributed by atoms with E-state index in [2.05, 4.69) is 11.4 Å². The summed E-state index contributed by atoms with van der Waals surface area (Å²) in [5, 5.41) is 14.4. The third-order valence-electron chi connectivity index (χ3n) is 2.71. The van der Waals surface area contributed by atoms with Gasteiger partial charge < -0.3 is 14.8 Å². The first-order valence-electron chi connectivity index (χ1n) is 5.80. The van der Waals surface area contributed by atoms with Gasteiger partial charge >= 0.3 is 0 Å². The van der Waals surface area contributed by atoms with Gasteiger partial charge in [-0.3, -0.25) is 0 Å². The first-order valence-corrected chi connectivity index (χ1v) is 7.06. The molecule has 0 aliphatic heterocycles. The average molecular weight is 309 g/mol. The standard InChI is InChI=1S/C14H13ClN2O2S/c1-18-13-4-11(15)12(5-14(13)19-2)17-7-10-3-9(6-16)8-20-10/h3-5,8,17H,7H2,1-2H3. The third-order valence-corrected chi connectivity index (χ3v) is 3.96. The van der Waals surface area contributed by atoms with Gasteiger partial charge in [0, 0.05) is 28.9 Å². The van der Waals surface area contributed by atoms with Crippen LogP contribution in [0.4, 0.5) is 5.69 Å². The summed E-state index contributed by atoms with van der Waals surface area (Å²) in [4.78, 5) is 1.06. The van der Waals surface area contributed by atoms with Crippen LogP contribution in [0.2, 0.25) is 5.02 Å². The lowest BCUT2D eigenvalue weighted by Gasteiger charge is -2.12. The van der Waals surface area contributed by atoms with Crippen LogP contribution in [0.3, 0.4) is 0 Å². The molecule has 1 heterocycles. The SMILES string of the molecule is COc1cc(Cl)c(NCc2cc(C#N)cs2)cc1OC. The number of thiophene rings is 1. The molecule has 104 valence electrons. The van der Waals surface area contributed by atoms with Gasteiger partial charge in [0.05, 0.1) is 30.5 Å². The molecule has 2 rings (SSSR count). The molecule has 0 amide bonds. The van der Waals surface area contributed by atoms with Gasteiger partial charge in [0.15, 0.2) is 11.5 Å². The van der Waals surface area contributed by atoms with Crippen LogP contribution in [-0.4, -0.2) is 14.2 Å². The summed E-state index contributed by atoms with van der Waals surface area (Å²) < 4.78 is 10.4. The molecule has 0 saturated carbocycles. The number of rotatable bonds is 5. The molecule has 4 nitrogen and oxygen atoms in total. The van der Waals surface area contributed by atoms with Gasteiger partial charge in [-0.2, -0.15) is 5.26 Å². The Bertz CT molecular complexity index is 649. The number of halogens is 1. The van der Waals surface area contributed by atoms with E-state index in [0.717, 1.165) is 10.6 Å². The number of nitrogens with one attached hydrogen (secondary N) is 1. The number of ether oxygens (including phenoxy) is 2. The number of anilines is 1. The molecule has 0 bridgehead atoms. The molecule has 0 unspecified atom stereocenters. The van der Waals surface area contributed by atoms with Gasteiger partial charge in [0.1, 0.15) is 6.07 Å². The van der Waals surface area contributed by atoms with Crippen molar-refractivity contribution in [3.63, 3.8) is 0 Å². The minimum atomic E-state index is 0.555. The summed E-state index contributed by atoms with van der Waals surface area (Å²) in [7, 11) is 3.14. The van der Waals surface area contributed by atoms with E-state index < -0.39 is 0 Å². The van der Waals surface area contributed by atoms with Crippen molar-refractivity contribution in [2.45, 2.75) is 6.54 Å². The van der Waals surface area contributed by atoms with E-state index in [1.54, 1.807) is 26.4 Å². The van der Waals surface area contributed by atoms with E-state index in [9.17, 15) is 0 Å². The molecule has 0 aliphatic rings. The molecule has 20 heavy (non-hydrogen) atoms. The van der Waals surface area contributed by atoms with Crippen LogP contribution in [-0.2, 0) is 6.54 Å². The summed E-state index contributed by atoms with van der Waals surface area (Å²) in [5.41, 5.74) is 1.43. The summed E-state index contributed by atoms with van der Waals surface area (Å²) in [5.74, 6) is 1.20. The Morgan fingerprint density at radius 1 is 1.25 bits per heavy atom. The molecule has 0 saturated heterocycles. The van der Waals surface area contributed by atoms with E-state index in [1.807, 2.05) is 11.4 Å². The molecular formula is C14H13ClN2O2S. The van der Waals surface area contributed by atoms with Crippen molar-refractivity contribution in [2.24, 2.45) is 0 Å². The second kappa shape index (κ2) is 6.51. The van der Waals surface area contributed by atoms with Crippen LogP contribution < -0.4 is 14.8 Å². The van der Waals surface area contributed by atoms with Crippen molar-refractivity contribution in [3.05, 3.63) is 39.0 Å². The zero-order valence-corrected chi connectivity index (χ0v) is 12.6. The highest BCUT2D eigenvalue weighted by Gasteiger charge is 2.10. The number of benzene rings is 1. The summed E-state index contributed by atoms with van der Waals surface area (Å²) in [6.07, 6.45) is 0. The molecule has 1 aromatic carbocycles. The lowest BCUT2D eigenvalue weighted by molar-refractivity contribution is 0.355. The highest BCUT2D eigenvalue weighted by molar-refractivity contribution is 7.10. The minimum absolute atomic E-state index is 0.555. The molecule has 2 aromatic rings. The topological polar surface area (TPSA) is 54.3 Å². The van der Waals surface area contributed by atoms with Gasteiger partial charge in [-0.05, 0) is 6.07 Å². The average Bonchev–Trinajstić information content (AvgIpc) is 2.93. The fourth-order valence-corrected chi connectivity index (χ4v) is 2.67. The molecule has 0 radical (unpaired) electrons. The second-order valence-corrected chi connectivity index (χ2v) is 5.36. The van der Waals surface area contributed by atoms with Crippen molar-refractivity contribution in [1.82, 2.24) is 0 Å². The predicted molar refractivity (Wildman–Crippen MR) is 80.9 cm³/mol. The Hall–Kier alpha value is -1.90. The van der Waals surface area contributed by atoms with Gasteiger partial charge in [-0.25, -0.2) is 0 Å². The quantitative estimate of drug-likeness (QED) is 0.910. The highest BCUT2D eigenvalue weighted by Crippen LogP contribution is 2.36. The largest absolute Gasteiger partial charge is 0.493 e. The fourth-order valence-electron chi connectivity index (χ4n) is 1.70. The van der Waals surface area contributed by atoms with Crippen LogP contribution >= 0.6 is 22.9 Å². The molecule has 0 aliphatic carbocycles. The minimum Gasteiger partial charge on any atom is -0.493 e. The lowest BCUT2D eigenvalue weighted by atomic mass is 10.2. The van der Waals surface area contributed by atoms with E-state index in [4.69, 9.17) is 26.3 Å². The highest BCUT2D eigenvalue weighted by atomic mass is 35.5. The summed E-state index contributed by atoms with van der Waals surface area (Å²) in [6, 6.07) is 7.46. The predicted octanol–water partition coefficient (Wildman–Crippen LogP) is 3.90. The zero-order chi connectivity index (χ0) is 14.5. The van der Waals surface area contributed by atoms with Gasteiger partial charge in [-0.15, -0.1) is 11.3 Å². The van der Waals surface area contributed by atoms with E-state index in [1.165, 1.54) is 11.3 Å². The van der Waals surface area contributed by atoms with E-state index >= 15 is 0 Å². The van der Waals surface area contributed by atoms with Crippen molar-refractivity contribution in [3.8, 4) is 17.6 Å². The number of nitriles is 1. The van der Waals surface area contributed by atoms with Crippen LogP contribution in [0, 0.1) is 11.3 Å². The second-order valence-electron chi connectivity index (χ2n) is 3.95. The maximum Gasteiger partial charge on any atom is 0.162 e. The van der Waals surface area contributed by atoms with Crippen LogP contribution in [0.5, 0.6) is 11.5 Å². The Morgan fingerprint density at radius 2 is 1.95 bits per heavy atom. The molecule has 0 spiro atoms. The van der Waals surface area contributed by atoms with Crippen molar-refractivity contribution in [2.75, 3.05) is 19.5 Å². The van der Waals surface area contributed by atoms with Crippen LogP contribution in [0.1, 0.15) is 10.4 Å². The van der Waals surface area contributed by atoms with Gasteiger partial charge in [-0.1, -0.05) is 11.6 Å². The van der Waals surface area contributed by atoms with E-state index in [0.29, 0.717) is 28.6 Å². The first-order chi connectivity index (χ1) is 9.67. The monoisotopic (exact) mass is 308 g/mol. The summed E-state index contributed by atoms with van der Waals surface area (Å²) in [6.45, 7) is 0.599. The number of nitrogens with zero attached hydrogens (tertiary/aromatic N) is 1. The first kappa shape index (κ1) is 14.5. The summed E-state index contributed by atoms with van der Waals surface area (Å²) >= 11 is 7.72. The maximum absolute atomic E-state index is 8.79. The molecule has 6 heteroatoms. The smallest absolute Gasteiger partial charge is 0.162 e. The normalized spacial score (nSPS) is 9.90. The van der Waals surface area contributed by atoms with Crippen molar-refractivity contribution in [1.29, 1.82) is 5.26 Å². The van der Waals surface area contributed by atoms with Crippen LogP contribution in [0.15, 0.2) is 23.6 Å². The lowest BCUT2D eigenvalue weighted by Crippen LogP contribution is -2.00. The van der Waals surface area contributed by atoms with Crippen molar-refractivity contribution >= 4 is 28.6 Å². The molecule has 1 aromatic heterocycles. The molecule has 0 fully saturated rings. The molecular weight excluding hydrogens is 296 g/mol. The zero-order valence-electron chi connectivity index (χ0n) is 11.1. The Kier molecular flexibility index (Phi) is 4.72. The Morgan fingerprint density at radius 3 is 2.55 bits per heavy atom. The Balaban J connectivity index is 2.15. The third kappa shape index (κ3) is 3.16. The Labute approximate surface area is 126 Å². The molecule has 0 atom stereocenters. The van der Waals surface area contributed by atoms with Gasteiger partial charge in [0.2, 0.25) is 0 Å². The number of methoxy groups -OCH3 is 2. The van der Waals surface area contributed by atoms with Gasteiger partial charge in [0.25, 0.3) is 0 Å².